The van der Waals surface area contributed by atoms with Gasteiger partial charge in [-0.15, -0.1) is 11.8 Å². The van der Waals surface area contributed by atoms with Crippen molar-refractivity contribution in [2.45, 2.75) is 23.9 Å². The zero-order valence-corrected chi connectivity index (χ0v) is 14.7. The molecule has 2 aromatic carbocycles. The summed E-state index contributed by atoms with van der Waals surface area (Å²) in [5, 5.41) is 2.94. The molecule has 2 amide bonds. The zero-order valence-electron chi connectivity index (χ0n) is 13.9. The molecule has 6 heteroatoms. The minimum Gasteiger partial charge on any atom is -0.347 e. The van der Waals surface area contributed by atoms with Crippen LogP contribution in [-0.4, -0.2) is 35.6 Å². The number of benzene rings is 2. The van der Waals surface area contributed by atoms with E-state index in [1.807, 2.05) is 24.5 Å². The summed E-state index contributed by atoms with van der Waals surface area (Å²) in [4.78, 5) is 27.2. The molecule has 1 heterocycles. The molecule has 1 saturated heterocycles. The van der Waals surface area contributed by atoms with Crippen molar-refractivity contribution in [3.8, 4) is 0 Å². The Hall–Kier alpha value is -2.34. The van der Waals surface area contributed by atoms with Gasteiger partial charge >= 0.3 is 0 Å². The molecule has 1 unspecified atom stereocenters. The Kier molecular flexibility index (Phi) is 5.38. The van der Waals surface area contributed by atoms with Crippen LogP contribution in [0, 0.1) is 5.82 Å². The molecule has 3 rings (SSSR count). The molecule has 1 atom stereocenters. The monoisotopic (exact) mass is 358 g/mol. The first-order valence-electron chi connectivity index (χ1n) is 8.03. The van der Waals surface area contributed by atoms with Gasteiger partial charge in [-0.1, -0.05) is 24.3 Å². The van der Waals surface area contributed by atoms with Crippen LogP contribution in [0.3, 0.4) is 0 Å². The Morgan fingerprint density at radius 1 is 1.28 bits per heavy atom. The number of rotatable bonds is 5. The van der Waals surface area contributed by atoms with Crippen molar-refractivity contribution in [2.75, 3.05) is 12.8 Å². The van der Waals surface area contributed by atoms with Gasteiger partial charge < -0.3 is 10.2 Å². The minimum absolute atomic E-state index is 0.0345. The van der Waals surface area contributed by atoms with Crippen LogP contribution in [0.15, 0.2) is 53.4 Å². The lowest BCUT2D eigenvalue weighted by molar-refractivity contribution is -0.128. The van der Waals surface area contributed by atoms with Crippen LogP contribution >= 0.6 is 11.8 Å². The lowest BCUT2D eigenvalue weighted by Crippen LogP contribution is -2.37. The van der Waals surface area contributed by atoms with Gasteiger partial charge in [-0.25, -0.2) is 4.39 Å². The standard InChI is InChI=1S/C19H19FN2O2S/c1-25-17-8-3-2-7-16(17)19(24)21-15-10-18(23)22(12-15)11-13-5-4-6-14(20)9-13/h2-9,15H,10-12H2,1H3,(H,21,24). The Balaban J connectivity index is 1.63. The van der Waals surface area contributed by atoms with Crippen LogP contribution in [0.4, 0.5) is 4.39 Å². The van der Waals surface area contributed by atoms with Crippen LogP contribution < -0.4 is 5.32 Å². The molecule has 0 bridgehead atoms. The number of thioether (sulfide) groups is 1. The lowest BCUT2D eigenvalue weighted by Gasteiger charge is -2.17. The molecule has 1 aliphatic rings. The Labute approximate surface area is 150 Å². The van der Waals surface area contributed by atoms with Crippen molar-refractivity contribution in [3.05, 3.63) is 65.5 Å². The number of carbonyl (C=O) groups is 2. The highest BCUT2D eigenvalue weighted by Crippen LogP contribution is 2.21. The first kappa shape index (κ1) is 17.5. The van der Waals surface area contributed by atoms with E-state index in [0.717, 1.165) is 10.5 Å². The molecule has 0 spiro atoms. The van der Waals surface area contributed by atoms with E-state index in [-0.39, 0.29) is 30.1 Å². The second-order valence-electron chi connectivity index (χ2n) is 5.98. The van der Waals surface area contributed by atoms with Gasteiger partial charge in [0.25, 0.3) is 5.91 Å². The number of carbonyl (C=O) groups excluding carboxylic acids is 2. The second-order valence-corrected chi connectivity index (χ2v) is 6.83. The van der Waals surface area contributed by atoms with Crippen molar-refractivity contribution in [3.63, 3.8) is 0 Å². The molecular formula is C19H19FN2O2S. The maximum absolute atomic E-state index is 13.3. The molecule has 2 aromatic rings. The van der Waals surface area contributed by atoms with E-state index in [1.165, 1.54) is 23.9 Å². The summed E-state index contributed by atoms with van der Waals surface area (Å²) in [5.41, 5.74) is 1.36. The first-order chi connectivity index (χ1) is 12.1. The summed E-state index contributed by atoms with van der Waals surface area (Å²) < 4.78 is 13.3. The molecule has 1 N–H and O–H groups in total. The van der Waals surface area contributed by atoms with Crippen LogP contribution in [0.5, 0.6) is 0 Å². The number of nitrogens with one attached hydrogen (secondary N) is 1. The molecule has 0 saturated carbocycles. The van der Waals surface area contributed by atoms with E-state index in [1.54, 1.807) is 23.1 Å². The third-order valence-electron chi connectivity index (χ3n) is 4.16. The van der Waals surface area contributed by atoms with E-state index in [4.69, 9.17) is 0 Å². The molecule has 0 radical (unpaired) electrons. The molecule has 1 aliphatic heterocycles. The van der Waals surface area contributed by atoms with Gasteiger partial charge in [-0.05, 0) is 36.1 Å². The van der Waals surface area contributed by atoms with E-state index in [2.05, 4.69) is 5.32 Å². The van der Waals surface area contributed by atoms with Crippen molar-refractivity contribution in [2.24, 2.45) is 0 Å². The molecular weight excluding hydrogens is 339 g/mol. The van der Waals surface area contributed by atoms with Gasteiger partial charge in [0.15, 0.2) is 0 Å². The van der Waals surface area contributed by atoms with E-state index >= 15 is 0 Å². The Morgan fingerprint density at radius 2 is 2.08 bits per heavy atom. The fourth-order valence-corrected chi connectivity index (χ4v) is 3.57. The summed E-state index contributed by atoms with van der Waals surface area (Å²) in [6, 6.07) is 13.4. The highest BCUT2D eigenvalue weighted by atomic mass is 32.2. The number of nitrogens with zero attached hydrogens (tertiary/aromatic N) is 1. The number of amides is 2. The van der Waals surface area contributed by atoms with Gasteiger partial charge in [0.05, 0.1) is 11.6 Å². The largest absolute Gasteiger partial charge is 0.347 e. The topological polar surface area (TPSA) is 49.4 Å². The summed E-state index contributed by atoms with van der Waals surface area (Å²) >= 11 is 1.51. The number of halogens is 1. The van der Waals surface area contributed by atoms with Crippen LogP contribution in [0.2, 0.25) is 0 Å². The normalized spacial score (nSPS) is 17.0. The smallest absolute Gasteiger partial charge is 0.252 e. The maximum atomic E-state index is 13.3. The number of likely N-dealkylation sites (tertiary alicyclic amines) is 1. The van der Waals surface area contributed by atoms with Crippen LogP contribution in [0.1, 0.15) is 22.3 Å². The predicted octanol–water partition coefficient (Wildman–Crippen LogP) is 3.08. The van der Waals surface area contributed by atoms with E-state index < -0.39 is 0 Å². The fraction of sp³-hybridized carbons (Fsp3) is 0.263. The first-order valence-corrected chi connectivity index (χ1v) is 9.25. The quantitative estimate of drug-likeness (QED) is 0.836. The predicted molar refractivity (Wildman–Crippen MR) is 95.9 cm³/mol. The van der Waals surface area contributed by atoms with E-state index in [9.17, 15) is 14.0 Å². The number of hydrogen-bond acceptors (Lipinski definition) is 3. The molecule has 130 valence electrons. The molecule has 25 heavy (non-hydrogen) atoms. The van der Waals surface area contributed by atoms with Crippen molar-refractivity contribution >= 4 is 23.6 Å². The second kappa shape index (κ2) is 7.70. The van der Waals surface area contributed by atoms with Gasteiger partial charge in [0, 0.05) is 24.4 Å². The highest BCUT2D eigenvalue weighted by Gasteiger charge is 2.31. The third kappa shape index (κ3) is 4.20. The molecule has 0 aliphatic carbocycles. The Bertz CT molecular complexity index is 796. The van der Waals surface area contributed by atoms with Crippen LogP contribution in [-0.2, 0) is 11.3 Å². The molecule has 0 aromatic heterocycles. The third-order valence-corrected chi connectivity index (χ3v) is 4.96. The van der Waals surface area contributed by atoms with Gasteiger partial charge in [-0.3, -0.25) is 9.59 Å². The lowest BCUT2D eigenvalue weighted by atomic mass is 10.2. The van der Waals surface area contributed by atoms with Crippen LogP contribution in [0.25, 0.3) is 0 Å². The summed E-state index contributed by atoms with van der Waals surface area (Å²) in [6.07, 6.45) is 2.19. The minimum atomic E-state index is -0.317. The highest BCUT2D eigenvalue weighted by molar-refractivity contribution is 7.98. The zero-order chi connectivity index (χ0) is 17.8. The van der Waals surface area contributed by atoms with Crippen molar-refractivity contribution < 1.29 is 14.0 Å². The fourth-order valence-electron chi connectivity index (χ4n) is 2.97. The van der Waals surface area contributed by atoms with Crippen molar-refractivity contribution in [1.29, 1.82) is 0 Å². The summed E-state index contributed by atoms with van der Waals surface area (Å²) in [7, 11) is 0. The average Bonchev–Trinajstić information content (AvgIpc) is 2.94. The summed E-state index contributed by atoms with van der Waals surface area (Å²) in [6.45, 7) is 0.785. The molecule has 4 nitrogen and oxygen atoms in total. The van der Waals surface area contributed by atoms with Gasteiger partial charge in [-0.2, -0.15) is 0 Å². The van der Waals surface area contributed by atoms with Gasteiger partial charge in [0.2, 0.25) is 5.91 Å². The van der Waals surface area contributed by atoms with E-state index in [0.29, 0.717) is 18.7 Å². The number of hydrogen-bond donors (Lipinski definition) is 1. The SMILES string of the molecule is CSc1ccccc1C(=O)NC1CC(=O)N(Cc2cccc(F)c2)C1. The van der Waals surface area contributed by atoms with Gasteiger partial charge in [0.1, 0.15) is 5.82 Å². The maximum Gasteiger partial charge on any atom is 0.252 e. The van der Waals surface area contributed by atoms with Crippen molar-refractivity contribution in [1.82, 2.24) is 10.2 Å². The average molecular weight is 358 g/mol. The summed E-state index contributed by atoms with van der Waals surface area (Å²) in [5.74, 6) is -0.522. The molecule has 1 fully saturated rings. The Morgan fingerprint density at radius 3 is 2.84 bits per heavy atom.